The maximum atomic E-state index is 13.2. The number of benzene rings is 2. The topological polar surface area (TPSA) is 85.2 Å². The number of nitrogens with one attached hydrogen (secondary N) is 2. The fraction of sp³-hybridized carbons (Fsp3) is 0.190. The highest BCUT2D eigenvalue weighted by atomic mass is 35.5. The maximum Gasteiger partial charge on any atom is 0.435 e. The van der Waals surface area contributed by atoms with E-state index in [-0.39, 0.29) is 22.5 Å². The molecule has 2 amide bonds. The Kier molecular flexibility index (Phi) is 6.73. The molecule has 0 radical (unpaired) electrons. The summed E-state index contributed by atoms with van der Waals surface area (Å²) in [5.74, 6) is -1.12. The number of alkyl halides is 3. The molecule has 32 heavy (non-hydrogen) atoms. The van der Waals surface area contributed by atoms with Crippen LogP contribution in [0.5, 0.6) is 5.88 Å². The molecular weight excluding hydrogens is 449 g/mol. The Morgan fingerprint density at radius 1 is 1.12 bits per heavy atom. The number of hydrogen-bond donors (Lipinski definition) is 2. The molecule has 0 aliphatic carbocycles. The van der Waals surface area contributed by atoms with Gasteiger partial charge in [0.05, 0.1) is 10.7 Å². The number of carbonyl (C=O) groups is 2. The average molecular weight is 467 g/mol. The Bertz CT molecular complexity index is 1160. The lowest BCUT2D eigenvalue weighted by atomic mass is 10.1. The van der Waals surface area contributed by atoms with Gasteiger partial charge in [0.25, 0.3) is 5.91 Å². The van der Waals surface area contributed by atoms with Crippen molar-refractivity contribution >= 4 is 34.8 Å². The number of hydrogen-bond acceptors (Lipinski definition) is 4. The van der Waals surface area contributed by atoms with Crippen molar-refractivity contribution < 1.29 is 27.5 Å². The van der Waals surface area contributed by atoms with Gasteiger partial charge in [-0.25, -0.2) is 0 Å². The number of aryl methyl sites for hydroxylation is 1. The Labute approximate surface area is 186 Å². The van der Waals surface area contributed by atoms with Crippen LogP contribution in [0.25, 0.3) is 5.69 Å². The second-order valence-electron chi connectivity index (χ2n) is 6.78. The minimum atomic E-state index is -4.71. The fourth-order valence-corrected chi connectivity index (χ4v) is 3.03. The lowest BCUT2D eigenvalue weighted by molar-refractivity contribution is -0.141. The van der Waals surface area contributed by atoms with Gasteiger partial charge in [-0.15, -0.1) is 0 Å². The fourth-order valence-electron chi connectivity index (χ4n) is 2.81. The van der Waals surface area contributed by atoms with E-state index in [9.17, 15) is 22.8 Å². The molecule has 0 aliphatic heterocycles. The van der Waals surface area contributed by atoms with E-state index in [0.717, 1.165) is 4.68 Å². The van der Waals surface area contributed by atoms with E-state index in [1.165, 1.54) is 19.1 Å². The number of amides is 2. The van der Waals surface area contributed by atoms with Crippen LogP contribution in [0.3, 0.4) is 0 Å². The largest absolute Gasteiger partial charge is 0.467 e. The highest BCUT2D eigenvalue weighted by Crippen LogP contribution is 2.33. The summed E-state index contributed by atoms with van der Waals surface area (Å²) in [6.45, 7) is 2.56. The molecule has 168 valence electrons. The van der Waals surface area contributed by atoms with Crippen molar-refractivity contribution in [1.82, 2.24) is 9.78 Å². The predicted molar refractivity (Wildman–Crippen MR) is 113 cm³/mol. The highest BCUT2D eigenvalue weighted by molar-refractivity contribution is 6.32. The summed E-state index contributed by atoms with van der Waals surface area (Å²) in [4.78, 5) is 23.5. The van der Waals surface area contributed by atoms with Crippen LogP contribution in [0.4, 0.5) is 24.5 Å². The van der Waals surface area contributed by atoms with Crippen LogP contribution < -0.4 is 15.4 Å². The molecule has 1 aromatic heterocycles. The van der Waals surface area contributed by atoms with Crippen molar-refractivity contribution in [3.05, 3.63) is 64.8 Å². The normalized spacial score (nSPS) is 11.2. The van der Waals surface area contributed by atoms with Crippen LogP contribution in [0.1, 0.15) is 18.2 Å². The van der Waals surface area contributed by atoms with Crippen LogP contribution >= 0.6 is 11.6 Å². The van der Waals surface area contributed by atoms with Gasteiger partial charge in [0.2, 0.25) is 11.8 Å². The molecule has 11 heteroatoms. The van der Waals surface area contributed by atoms with Crippen LogP contribution in [0.15, 0.2) is 48.5 Å². The van der Waals surface area contributed by atoms with Gasteiger partial charge in [-0.3, -0.25) is 9.59 Å². The molecule has 0 fully saturated rings. The molecule has 0 saturated carbocycles. The SMILES string of the molecule is CC(=O)Nc1ccc(NC(=O)COc2cc(C(F)(F)F)nn2-c2ccccc2Cl)cc1C. The second-order valence-corrected chi connectivity index (χ2v) is 7.18. The number of nitrogens with zero attached hydrogens (tertiary/aromatic N) is 2. The first-order valence-corrected chi connectivity index (χ1v) is 9.65. The Hall–Kier alpha value is -3.53. The number of rotatable bonds is 6. The van der Waals surface area contributed by atoms with Gasteiger partial charge >= 0.3 is 6.18 Å². The van der Waals surface area contributed by atoms with Gasteiger partial charge in [-0.05, 0) is 42.8 Å². The number of halogens is 4. The highest BCUT2D eigenvalue weighted by Gasteiger charge is 2.36. The Balaban J connectivity index is 1.75. The predicted octanol–water partition coefficient (Wildman–Crippen LogP) is 4.83. The first kappa shape index (κ1) is 23.1. The molecule has 0 atom stereocenters. The number of anilines is 2. The zero-order chi connectivity index (χ0) is 23.5. The van der Waals surface area contributed by atoms with Crippen molar-refractivity contribution in [1.29, 1.82) is 0 Å². The van der Waals surface area contributed by atoms with E-state index >= 15 is 0 Å². The quantitative estimate of drug-likeness (QED) is 0.545. The molecule has 2 N–H and O–H groups in total. The number of para-hydroxylation sites is 1. The van der Waals surface area contributed by atoms with Gasteiger partial charge in [-0.2, -0.15) is 23.0 Å². The lowest BCUT2D eigenvalue weighted by Gasteiger charge is -2.12. The molecule has 2 aromatic carbocycles. The van der Waals surface area contributed by atoms with E-state index in [1.54, 1.807) is 37.3 Å². The van der Waals surface area contributed by atoms with Crippen molar-refractivity contribution in [2.24, 2.45) is 0 Å². The summed E-state index contributed by atoms with van der Waals surface area (Å²) >= 11 is 6.08. The van der Waals surface area contributed by atoms with Gasteiger partial charge in [0.15, 0.2) is 12.3 Å². The summed E-state index contributed by atoms with van der Waals surface area (Å²) in [5, 5.41) is 8.93. The molecule has 3 rings (SSSR count). The van der Waals surface area contributed by atoms with Crippen LogP contribution in [0.2, 0.25) is 5.02 Å². The first-order valence-electron chi connectivity index (χ1n) is 9.27. The lowest BCUT2D eigenvalue weighted by Crippen LogP contribution is -2.21. The van der Waals surface area contributed by atoms with Gasteiger partial charge in [0.1, 0.15) is 0 Å². The summed E-state index contributed by atoms with van der Waals surface area (Å²) < 4.78 is 45.7. The van der Waals surface area contributed by atoms with Gasteiger partial charge in [0, 0.05) is 24.4 Å². The van der Waals surface area contributed by atoms with E-state index in [1.807, 2.05) is 0 Å². The van der Waals surface area contributed by atoms with Crippen molar-refractivity contribution in [3.63, 3.8) is 0 Å². The number of ether oxygens (including phenoxy) is 1. The van der Waals surface area contributed by atoms with E-state index < -0.39 is 24.4 Å². The number of carbonyl (C=O) groups excluding carboxylic acids is 2. The Morgan fingerprint density at radius 2 is 1.84 bits per heavy atom. The summed E-state index contributed by atoms with van der Waals surface area (Å²) in [6.07, 6.45) is -4.71. The molecule has 0 spiro atoms. The minimum absolute atomic E-state index is 0.161. The molecule has 0 bridgehead atoms. The molecular formula is C21H18ClF3N4O3. The monoisotopic (exact) mass is 466 g/mol. The van der Waals surface area contributed by atoms with Crippen molar-refractivity contribution in [2.45, 2.75) is 20.0 Å². The van der Waals surface area contributed by atoms with E-state index in [4.69, 9.17) is 16.3 Å². The third-order valence-electron chi connectivity index (χ3n) is 4.22. The molecule has 0 aliphatic rings. The van der Waals surface area contributed by atoms with Crippen LogP contribution in [-0.2, 0) is 15.8 Å². The van der Waals surface area contributed by atoms with Crippen molar-refractivity contribution in [3.8, 4) is 11.6 Å². The molecule has 0 saturated heterocycles. The number of aromatic nitrogens is 2. The van der Waals surface area contributed by atoms with Crippen LogP contribution in [0, 0.1) is 6.92 Å². The standard InChI is InChI=1S/C21H18ClF3N4O3/c1-12-9-14(7-8-16(12)26-13(2)30)27-19(31)11-32-20-10-18(21(23,24)25)28-29(20)17-6-4-3-5-15(17)22/h3-10H,11H2,1-2H3,(H,26,30)(H,27,31). The Morgan fingerprint density at radius 3 is 2.47 bits per heavy atom. The summed E-state index contributed by atoms with van der Waals surface area (Å²) in [6, 6.07) is 11.7. The summed E-state index contributed by atoms with van der Waals surface area (Å²) in [7, 11) is 0. The minimum Gasteiger partial charge on any atom is -0.467 e. The van der Waals surface area contributed by atoms with E-state index in [0.29, 0.717) is 23.0 Å². The zero-order valence-corrected chi connectivity index (χ0v) is 17.7. The molecule has 7 nitrogen and oxygen atoms in total. The van der Waals surface area contributed by atoms with Gasteiger partial charge < -0.3 is 15.4 Å². The average Bonchev–Trinajstić information content (AvgIpc) is 3.13. The summed E-state index contributed by atoms with van der Waals surface area (Å²) in [5.41, 5.74) is 0.725. The molecule has 3 aromatic rings. The second kappa shape index (κ2) is 9.31. The van der Waals surface area contributed by atoms with Gasteiger partial charge in [-0.1, -0.05) is 23.7 Å². The molecule has 0 unspecified atom stereocenters. The third kappa shape index (κ3) is 5.58. The van der Waals surface area contributed by atoms with E-state index in [2.05, 4.69) is 15.7 Å². The third-order valence-corrected chi connectivity index (χ3v) is 4.54. The molecule has 1 heterocycles. The zero-order valence-electron chi connectivity index (χ0n) is 17.0. The van der Waals surface area contributed by atoms with Crippen LogP contribution in [-0.4, -0.2) is 28.2 Å². The maximum absolute atomic E-state index is 13.2. The smallest absolute Gasteiger partial charge is 0.435 e. The van der Waals surface area contributed by atoms with Crippen molar-refractivity contribution in [2.75, 3.05) is 17.2 Å². The first-order chi connectivity index (χ1) is 15.0.